The van der Waals surface area contributed by atoms with Crippen molar-refractivity contribution >= 4 is 39.1 Å². The van der Waals surface area contributed by atoms with Gasteiger partial charge in [-0.15, -0.1) is 0 Å². The summed E-state index contributed by atoms with van der Waals surface area (Å²) in [7, 11) is -3.85. The number of benzene rings is 3. The topological polar surface area (TPSA) is 104 Å². The zero-order valence-corrected chi connectivity index (χ0v) is 18.8. The van der Waals surface area contributed by atoms with E-state index < -0.39 is 15.9 Å². The van der Waals surface area contributed by atoms with Crippen LogP contribution in [-0.2, 0) is 10.0 Å². The molecule has 0 saturated heterocycles. The summed E-state index contributed by atoms with van der Waals surface area (Å²) in [6.45, 7) is 2.25. The average Bonchev–Trinajstić information content (AvgIpc) is 2.76. The number of nitrogens with one attached hydrogen (secondary N) is 3. The first-order chi connectivity index (χ1) is 15.2. The molecule has 32 heavy (non-hydrogen) atoms. The summed E-state index contributed by atoms with van der Waals surface area (Å²) in [6.07, 6.45) is 0. The van der Waals surface area contributed by atoms with Crippen LogP contribution in [0, 0.1) is 6.92 Å². The number of carbonyl (C=O) groups is 2. The van der Waals surface area contributed by atoms with E-state index in [1.807, 2.05) is 13.0 Å². The summed E-state index contributed by atoms with van der Waals surface area (Å²) in [5, 5.41) is 5.89. The van der Waals surface area contributed by atoms with Crippen LogP contribution >= 0.6 is 11.6 Å². The first-order valence-electron chi connectivity index (χ1n) is 9.76. The molecular weight excluding hydrogens is 450 g/mol. The molecule has 0 aromatic heterocycles. The number of aryl methyl sites for hydroxylation is 1. The molecular formula is C23H22ClN3O4S. The molecule has 0 aliphatic heterocycles. The minimum atomic E-state index is -3.85. The molecule has 166 valence electrons. The Bertz CT molecular complexity index is 1230. The Hall–Kier alpha value is -3.36. The van der Waals surface area contributed by atoms with Gasteiger partial charge in [-0.1, -0.05) is 29.8 Å². The van der Waals surface area contributed by atoms with Gasteiger partial charge in [-0.2, -0.15) is 0 Å². The predicted molar refractivity (Wildman–Crippen MR) is 125 cm³/mol. The highest BCUT2D eigenvalue weighted by molar-refractivity contribution is 7.92. The smallest absolute Gasteiger partial charge is 0.261 e. The van der Waals surface area contributed by atoms with Gasteiger partial charge in [-0.05, 0) is 67.1 Å². The third-order valence-corrected chi connectivity index (χ3v) is 6.11. The number of sulfonamides is 1. The second-order valence-corrected chi connectivity index (χ2v) is 9.14. The molecule has 7 nitrogen and oxygen atoms in total. The number of carbonyl (C=O) groups excluding carboxylic acids is 2. The quantitative estimate of drug-likeness (QED) is 0.436. The lowest BCUT2D eigenvalue weighted by atomic mass is 10.2. The molecule has 3 aromatic carbocycles. The maximum absolute atomic E-state index is 12.7. The number of rotatable bonds is 8. The highest BCUT2D eigenvalue weighted by Gasteiger charge is 2.16. The van der Waals surface area contributed by atoms with Crippen molar-refractivity contribution in [2.45, 2.75) is 11.8 Å². The van der Waals surface area contributed by atoms with Crippen molar-refractivity contribution < 1.29 is 18.0 Å². The van der Waals surface area contributed by atoms with Crippen molar-refractivity contribution in [1.29, 1.82) is 0 Å². The molecule has 0 unspecified atom stereocenters. The Kier molecular flexibility index (Phi) is 7.50. The van der Waals surface area contributed by atoms with E-state index >= 15 is 0 Å². The molecule has 3 N–H and O–H groups in total. The van der Waals surface area contributed by atoms with E-state index in [4.69, 9.17) is 11.6 Å². The van der Waals surface area contributed by atoms with Gasteiger partial charge in [0.15, 0.2) is 0 Å². The molecule has 0 spiro atoms. The van der Waals surface area contributed by atoms with Gasteiger partial charge in [0.25, 0.3) is 21.8 Å². The molecule has 2 amide bonds. The van der Waals surface area contributed by atoms with Crippen LogP contribution in [0.5, 0.6) is 0 Å². The first kappa shape index (κ1) is 23.3. The fourth-order valence-corrected chi connectivity index (χ4v) is 4.11. The molecule has 0 heterocycles. The molecule has 0 bridgehead atoms. The Balaban J connectivity index is 1.56. The number of hydrogen-bond acceptors (Lipinski definition) is 4. The lowest BCUT2D eigenvalue weighted by Crippen LogP contribution is -2.34. The van der Waals surface area contributed by atoms with Crippen LogP contribution in [0.2, 0.25) is 5.02 Å². The molecule has 0 aliphatic rings. The minimum absolute atomic E-state index is 0.0253. The summed E-state index contributed by atoms with van der Waals surface area (Å²) < 4.78 is 27.9. The number of anilines is 1. The molecule has 0 atom stereocenters. The molecule has 3 rings (SSSR count). The van der Waals surface area contributed by atoms with Gasteiger partial charge in [-0.25, -0.2) is 8.42 Å². The van der Waals surface area contributed by atoms with E-state index in [0.29, 0.717) is 16.3 Å². The molecule has 9 heteroatoms. The van der Waals surface area contributed by atoms with E-state index in [1.165, 1.54) is 24.3 Å². The fourth-order valence-electron chi connectivity index (χ4n) is 2.88. The lowest BCUT2D eigenvalue weighted by Gasteiger charge is -2.11. The van der Waals surface area contributed by atoms with E-state index in [9.17, 15) is 18.0 Å². The minimum Gasteiger partial charge on any atom is -0.350 e. The standard InChI is InChI=1S/C23H22ClN3O4S/c1-16-4-2-6-20(14-16)27-32(30,31)21-7-3-5-18(15-21)23(29)26-13-12-25-22(28)17-8-10-19(24)11-9-17/h2-11,14-15,27H,12-13H2,1H3,(H,25,28)(H,26,29). The Morgan fingerprint density at radius 3 is 2.09 bits per heavy atom. The number of halogens is 1. The molecule has 0 fully saturated rings. The van der Waals surface area contributed by atoms with Crippen LogP contribution < -0.4 is 15.4 Å². The highest BCUT2D eigenvalue weighted by Crippen LogP contribution is 2.18. The third kappa shape index (κ3) is 6.32. The monoisotopic (exact) mass is 471 g/mol. The molecule has 0 saturated carbocycles. The molecule has 0 aliphatic carbocycles. The van der Waals surface area contributed by atoms with Crippen molar-refractivity contribution in [3.05, 3.63) is 94.5 Å². The fraction of sp³-hybridized carbons (Fsp3) is 0.130. The van der Waals surface area contributed by atoms with E-state index in [-0.39, 0.29) is 29.5 Å². The van der Waals surface area contributed by atoms with Crippen LogP contribution in [0.1, 0.15) is 26.3 Å². The van der Waals surface area contributed by atoms with Gasteiger partial charge in [0.2, 0.25) is 0 Å². The zero-order valence-electron chi connectivity index (χ0n) is 17.3. The summed E-state index contributed by atoms with van der Waals surface area (Å²) >= 11 is 5.80. The van der Waals surface area contributed by atoms with Crippen molar-refractivity contribution in [3.8, 4) is 0 Å². The number of amides is 2. The van der Waals surface area contributed by atoms with Crippen molar-refractivity contribution in [3.63, 3.8) is 0 Å². The molecule has 3 aromatic rings. The van der Waals surface area contributed by atoms with Gasteiger partial charge in [0.1, 0.15) is 0 Å². The normalized spacial score (nSPS) is 10.9. The summed E-state index contributed by atoms with van der Waals surface area (Å²) in [4.78, 5) is 24.5. The lowest BCUT2D eigenvalue weighted by molar-refractivity contribution is 0.0927. The summed E-state index contributed by atoms with van der Waals surface area (Å²) in [6, 6.07) is 19.2. The van der Waals surface area contributed by atoms with Crippen LogP contribution in [-0.4, -0.2) is 33.3 Å². The van der Waals surface area contributed by atoms with Crippen molar-refractivity contribution in [1.82, 2.24) is 10.6 Å². The van der Waals surface area contributed by atoms with Gasteiger partial charge in [0.05, 0.1) is 4.90 Å². The van der Waals surface area contributed by atoms with Gasteiger partial charge in [-0.3, -0.25) is 14.3 Å². The third-order valence-electron chi connectivity index (χ3n) is 4.48. The SMILES string of the molecule is Cc1cccc(NS(=O)(=O)c2cccc(C(=O)NCCNC(=O)c3ccc(Cl)cc3)c2)c1. The van der Waals surface area contributed by atoms with E-state index in [1.54, 1.807) is 42.5 Å². The van der Waals surface area contributed by atoms with Crippen LogP contribution in [0.15, 0.2) is 77.7 Å². The maximum atomic E-state index is 12.7. The molecule has 0 radical (unpaired) electrons. The average molecular weight is 472 g/mol. The number of hydrogen-bond donors (Lipinski definition) is 3. The van der Waals surface area contributed by atoms with E-state index in [2.05, 4.69) is 15.4 Å². The summed E-state index contributed by atoms with van der Waals surface area (Å²) in [5.41, 5.74) is 2.01. The second-order valence-electron chi connectivity index (χ2n) is 7.02. The largest absolute Gasteiger partial charge is 0.350 e. The van der Waals surface area contributed by atoms with Crippen LogP contribution in [0.4, 0.5) is 5.69 Å². The predicted octanol–water partition coefficient (Wildman–Crippen LogP) is 3.61. The maximum Gasteiger partial charge on any atom is 0.261 e. The highest BCUT2D eigenvalue weighted by atomic mass is 35.5. The van der Waals surface area contributed by atoms with Crippen molar-refractivity contribution in [2.75, 3.05) is 17.8 Å². The van der Waals surface area contributed by atoms with Gasteiger partial charge >= 0.3 is 0 Å². The first-order valence-corrected chi connectivity index (χ1v) is 11.6. The van der Waals surface area contributed by atoms with Crippen LogP contribution in [0.25, 0.3) is 0 Å². The zero-order chi connectivity index (χ0) is 23.1. The van der Waals surface area contributed by atoms with Gasteiger partial charge in [0, 0.05) is 34.9 Å². The van der Waals surface area contributed by atoms with E-state index in [0.717, 1.165) is 5.56 Å². The summed E-state index contributed by atoms with van der Waals surface area (Å²) in [5.74, 6) is -0.732. The van der Waals surface area contributed by atoms with Crippen molar-refractivity contribution in [2.24, 2.45) is 0 Å². The van der Waals surface area contributed by atoms with Gasteiger partial charge < -0.3 is 10.6 Å². The Labute approximate surface area is 191 Å². The Morgan fingerprint density at radius 2 is 1.44 bits per heavy atom. The second kappa shape index (κ2) is 10.3. The Morgan fingerprint density at radius 1 is 0.812 bits per heavy atom. The van der Waals surface area contributed by atoms with Crippen LogP contribution in [0.3, 0.4) is 0 Å².